The van der Waals surface area contributed by atoms with Crippen LogP contribution in [0.25, 0.3) is 11.5 Å². The van der Waals surface area contributed by atoms with Crippen LogP contribution in [0.1, 0.15) is 25.0 Å². The summed E-state index contributed by atoms with van der Waals surface area (Å²) in [7, 11) is 0. The third-order valence-electron chi connectivity index (χ3n) is 2.51. The van der Waals surface area contributed by atoms with Gasteiger partial charge < -0.3 is 4.42 Å². The molecule has 0 amide bonds. The zero-order valence-electron chi connectivity index (χ0n) is 9.36. The van der Waals surface area contributed by atoms with Crippen LogP contribution in [0, 0.1) is 6.92 Å². The van der Waals surface area contributed by atoms with E-state index < -0.39 is 0 Å². The van der Waals surface area contributed by atoms with Crippen LogP contribution in [0.4, 0.5) is 0 Å². The SMILES string of the molecule is [CH2]CCCCc1coc(-c2ccccc2)n1. The van der Waals surface area contributed by atoms with Gasteiger partial charge in [0.15, 0.2) is 0 Å². The number of aryl methyl sites for hydroxylation is 1. The molecule has 0 aliphatic heterocycles. The zero-order valence-corrected chi connectivity index (χ0v) is 9.36. The summed E-state index contributed by atoms with van der Waals surface area (Å²) in [6, 6.07) is 9.97. The van der Waals surface area contributed by atoms with E-state index in [2.05, 4.69) is 11.9 Å². The molecule has 0 atom stereocenters. The fraction of sp³-hybridized carbons (Fsp3) is 0.286. The minimum atomic E-state index is 0.713. The standard InChI is InChI=1S/C14H16NO/c1-2-3-5-10-13-11-16-14(15-13)12-8-6-4-7-9-12/h4,6-9,11H,1-3,5,10H2. The molecule has 2 nitrogen and oxygen atoms in total. The van der Waals surface area contributed by atoms with Crippen LogP contribution in [0.2, 0.25) is 0 Å². The summed E-state index contributed by atoms with van der Waals surface area (Å²) >= 11 is 0. The third kappa shape index (κ3) is 2.72. The second-order valence-corrected chi connectivity index (χ2v) is 3.82. The average molecular weight is 214 g/mol. The van der Waals surface area contributed by atoms with Gasteiger partial charge in [0, 0.05) is 5.56 Å². The highest BCUT2D eigenvalue weighted by atomic mass is 16.3. The van der Waals surface area contributed by atoms with Crippen LogP contribution in [-0.4, -0.2) is 4.98 Å². The molecule has 0 bridgehead atoms. The number of benzene rings is 1. The Hall–Kier alpha value is -1.57. The van der Waals surface area contributed by atoms with Gasteiger partial charge in [-0.2, -0.15) is 0 Å². The van der Waals surface area contributed by atoms with E-state index in [1.165, 1.54) is 0 Å². The second kappa shape index (κ2) is 5.50. The van der Waals surface area contributed by atoms with Crippen LogP contribution in [0.15, 0.2) is 41.0 Å². The number of aromatic nitrogens is 1. The number of hydrogen-bond acceptors (Lipinski definition) is 2. The summed E-state index contributed by atoms with van der Waals surface area (Å²) in [5.74, 6) is 0.713. The van der Waals surface area contributed by atoms with E-state index in [0.717, 1.165) is 36.9 Å². The van der Waals surface area contributed by atoms with Crippen molar-refractivity contribution in [1.82, 2.24) is 4.98 Å². The van der Waals surface area contributed by atoms with Crippen molar-refractivity contribution in [3.05, 3.63) is 49.2 Å². The Balaban J connectivity index is 2.02. The van der Waals surface area contributed by atoms with E-state index in [1.807, 2.05) is 30.3 Å². The fourth-order valence-electron chi connectivity index (χ4n) is 1.62. The number of hydrogen-bond donors (Lipinski definition) is 0. The lowest BCUT2D eigenvalue weighted by molar-refractivity contribution is 0.571. The number of unbranched alkanes of at least 4 members (excludes halogenated alkanes) is 2. The summed E-state index contributed by atoms with van der Waals surface area (Å²) in [5.41, 5.74) is 2.07. The van der Waals surface area contributed by atoms with Crippen LogP contribution in [0.5, 0.6) is 0 Å². The van der Waals surface area contributed by atoms with Gasteiger partial charge in [-0.05, 0) is 25.0 Å². The van der Waals surface area contributed by atoms with Gasteiger partial charge in [-0.25, -0.2) is 4.98 Å². The molecule has 0 saturated carbocycles. The van der Waals surface area contributed by atoms with Gasteiger partial charge in [0.2, 0.25) is 5.89 Å². The largest absolute Gasteiger partial charge is 0.444 e. The summed E-state index contributed by atoms with van der Waals surface area (Å²) in [6.45, 7) is 3.83. The maximum atomic E-state index is 5.45. The predicted molar refractivity (Wildman–Crippen MR) is 64.9 cm³/mol. The number of oxazole rings is 1. The lowest BCUT2D eigenvalue weighted by atomic mass is 10.2. The number of nitrogens with zero attached hydrogens (tertiary/aromatic N) is 1. The molecular formula is C14H16NO. The molecule has 2 heteroatoms. The molecule has 0 spiro atoms. The van der Waals surface area contributed by atoms with E-state index in [-0.39, 0.29) is 0 Å². The first-order valence-corrected chi connectivity index (χ1v) is 5.69. The Morgan fingerprint density at radius 1 is 1.12 bits per heavy atom. The molecule has 83 valence electrons. The Bertz CT molecular complexity index is 419. The van der Waals surface area contributed by atoms with Gasteiger partial charge >= 0.3 is 0 Å². The Labute approximate surface area is 96.3 Å². The summed E-state index contributed by atoms with van der Waals surface area (Å²) < 4.78 is 5.45. The zero-order chi connectivity index (χ0) is 11.2. The molecule has 0 fully saturated rings. The molecule has 0 saturated heterocycles. The van der Waals surface area contributed by atoms with Crippen LogP contribution in [0.3, 0.4) is 0 Å². The smallest absolute Gasteiger partial charge is 0.226 e. The van der Waals surface area contributed by atoms with E-state index in [1.54, 1.807) is 6.26 Å². The number of rotatable bonds is 5. The van der Waals surface area contributed by atoms with Gasteiger partial charge in [-0.3, -0.25) is 0 Å². The topological polar surface area (TPSA) is 26.0 Å². The highest BCUT2D eigenvalue weighted by Gasteiger charge is 2.05. The highest BCUT2D eigenvalue weighted by molar-refractivity contribution is 5.52. The third-order valence-corrected chi connectivity index (χ3v) is 2.51. The van der Waals surface area contributed by atoms with Crippen molar-refractivity contribution in [3.8, 4) is 11.5 Å². The Morgan fingerprint density at radius 3 is 2.69 bits per heavy atom. The second-order valence-electron chi connectivity index (χ2n) is 3.82. The molecular weight excluding hydrogens is 198 g/mol. The summed E-state index contributed by atoms with van der Waals surface area (Å²) in [5, 5.41) is 0. The first-order valence-electron chi connectivity index (χ1n) is 5.69. The minimum absolute atomic E-state index is 0.713. The van der Waals surface area contributed by atoms with Gasteiger partial charge in [0.1, 0.15) is 6.26 Å². The summed E-state index contributed by atoms with van der Waals surface area (Å²) in [6.07, 6.45) is 6.00. The van der Waals surface area contributed by atoms with Crippen molar-refractivity contribution in [2.24, 2.45) is 0 Å². The quantitative estimate of drug-likeness (QED) is 0.706. The lowest BCUT2D eigenvalue weighted by Gasteiger charge is -1.94. The molecule has 2 aromatic rings. The molecule has 1 aromatic carbocycles. The molecule has 0 aliphatic rings. The monoisotopic (exact) mass is 214 g/mol. The predicted octanol–water partition coefficient (Wildman–Crippen LogP) is 3.89. The molecule has 1 aromatic heterocycles. The van der Waals surface area contributed by atoms with Crippen molar-refractivity contribution in [2.75, 3.05) is 0 Å². The van der Waals surface area contributed by atoms with E-state index in [4.69, 9.17) is 4.42 Å². The highest BCUT2D eigenvalue weighted by Crippen LogP contribution is 2.18. The van der Waals surface area contributed by atoms with E-state index in [9.17, 15) is 0 Å². The maximum Gasteiger partial charge on any atom is 0.226 e. The molecule has 1 radical (unpaired) electrons. The minimum Gasteiger partial charge on any atom is -0.444 e. The molecule has 0 aliphatic carbocycles. The van der Waals surface area contributed by atoms with Crippen molar-refractivity contribution < 1.29 is 4.42 Å². The van der Waals surface area contributed by atoms with Gasteiger partial charge in [0.25, 0.3) is 0 Å². The summed E-state index contributed by atoms with van der Waals surface area (Å²) in [4.78, 5) is 4.47. The van der Waals surface area contributed by atoms with Crippen molar-refractivity contribution in [1.29, 1.82) is 0 Å². The first kappa shape index (κ1) is 10.9. The molecule has 2 rings (SSSR count). The Morgan fingerprint density at radius 2 is 1.94 bits per heavy atom. The Kier molecular flexibility index (Phi) is 3.76. The van der Waals surface area contributed by atoms with Crippen LogP contribution < -0.4 is 0 Å². The van der Waals surface area contributed by atoms with Gasteiger partial charge in [-0.15, -0.1) is 0 Å². The fourth-order valence-corrected chi connectivity index (χ4v) is 1.62. The molecule has 16 heavy (non-hydrogen) atoms. The maximum absolute atomic E-state index is 5.45. The van der Waals surface area contributed by atoms with Gasteiger partial charge in [-0.1, -0.05) is 38.0 Å². The van der Waals surface area contributed by atoms with E-state index >= 15 is 0 Å². The van der Waals surface area contributed by atoms with Crippen molar-refractivity contribution >= 4 is 0 Å². The normalized spacial score (nSPS) is 10.6. The molecule has 0 N–H and O–H groups in total. The molecule has 1 heterocycles. The molecule has 0 unspecified atom stereocenters. The van der Waals surface area contributed by atoms with Gasteiger partial charge in [0.05, 0.1) is 5.69 Å². The van der Waals surface area contributed by atoms with Crippen LogP contribution in [-0.2, 0) is 6.42 Å². The van der Waals surface area contributed by atoms with Crippen molar-refractivity contribution in [2.45, 2.75) is 25.7 Å². The van der Waals surface area contributed by atoms with E-state index in [0.29, 0.717) is 5.89 Å². The first-order chi connectivity index (χ1) is 7.90. The van der Waals surface area contributed by atoms with Crippen molar-refractivity contribution in [3.63, 3.8) is 0 Å². The average Bonchev–Trinajstić information content (AvgIpc) is 2.79. The lowest BCUT2D eigenvalue weighted by Crippen LogP contribution is -1.85. The van der Waals surface area contributed by atoms with Crippen LogP contribution >= 0.6 is 0 Å².